The van der Waals surface area contributed by atoms with Gasteiger partial charge in [-0.25, -0.2) is 4.98 Å². The highest BCUT2D eigenvalue weighted by Gasteiger charge is 2.31. The van der Waals surface area contributed by atoms with Crippen LogP contribution in [0.25, 0.3) is 6.08 Å². The second kappa shape index (κ2) is 9.59. The van der Waals surface area contributed by atoms with E-state index in [0.29, 0.717) is 38.8 Å². The van der Waals surface area contributed by atoms with Gasteiger partial charge in [-0.2, -0.15) is 0 Å². The van der Waals surface area contributed by atoms with Crippen molar-refractivity contribution >= 4 is 62.7 Å². The van der Waals surface area contributed by atoms with Crippen LogP contribution in [-0.4, -0.2) is 39.4 Å². The molecule has 2 aliphatic heterocycles. The lowest BCUT2D eigenvalue weighted by Crippen LogP contribution is -2.29. The highest BCUT2D eigenvalue weighted by Crippen LogP contribution is 2.36. The van der Waals surface area contributed by atoms with E-state index in [4.69, 9.17) is 21.7 Å². The molecule has 0 atom stereocenters. The van der Waals surface area contributed by atoms with Gasteiger partial charge in [-0.1, -0.05) is 36.5 Å². The number of thioether (sulfide) groups is 1. The zero-order chi connectivity index (χ0) is 20.9. The number of nitrogens with one attached hydrogen (secondary N) is 1. The first-order chi connectivity index (χ1) is 14.6. The molecule has 0 spiro atoms. The van der Waals surface area contributed by atoms with Gasteiger partial charge in [0.25, 0.3) is 5.91 Å². The Morgan fingerprint density at radius 1 is 1.27 bits per heavy atom. The molecule has 1 aromatic carbocycles. The van der Waals surface area contributed by atoms with Crippen molar-refractivity contribution in [2.24, 2.45) is 0 Å². The minimum Gasteiger partial charge on any atom is -0.454 e. The fourth-order valence-corrected chi connectivity index (χ4v) is 4.90. The molecule has 1 N–H and O–H groups in total. The van der Waals surface area contributed by atoms with Gasteiger partial charge in [0.05, 0.1) is 4.91 Å². The minimum absolute atomic E-state index is 0.0396. The van der Waals surface area contributed by atoms with Crippen LogP contribution in [0.15, 0.2) is 34.7 Å². The van der Waals surface area contributed by atoms with Crippen molar-refractivity contribution in [3.63, 3.8) is 0 Å². The van der Waals surface area contributed by atoms with Gasteiger partial charge in [-0.05, 0) is 36.6 Å². The first-order valence-corrected chi connectivity index (χ1v) is 11.5. The molecule has 0 bridgehead atoms. The number of anilines is 1. The Balaban J connectivity index is 1.23. The van der Waals surface area contributed by atoms with Gasteiger partial charge >= 0.3 is 0 Å². The number of carbonyl (C=O) groups excluding carboxylic acids is 2. The molecule has 30 heavy (non-hydrogen) atoms. The van der Waals surface area contributed by atoms with Gasteiger partial charge in [-0.3, -0.25) is 14.5 Å². The molecule has 3 heterocycles. The molecule has 4 rings (SSSR count). The molecule has 0 unspecified atom stereocenters. The third-order valence-electron chi connectivity index (χ3n) is 4.53. The Morgan fingerprint density at radius 3 is 2.97 bits per heavy atom. The van der Waals surface area contributed by atoms with Crippen LogP contribution in [0.4, 0.5) is 5.13 Å². The van der Waals surface area contributed by atoms with Gasteiger partial charge in [-0.15, -0.1) is 11.3 Å². The van der Waals surface area contributed by atoms with Crippen molar-refractivity contribution in [2.75, 3.05) is 18.7 Å². The van der Waals surface area contributed by atoms with E-state index in [0.717, 1.165) is 24.8 Å². The van der Waals surface area contributed by atoms with Crippen LogP contribution in [0, 0.1) is 0 Å². The van der Waals surface area contributed by atoms with Crippen LogP contribution in [-0.2, 0) is 9.59 Å². The van der Waals surface area contributed by atoms with Gasteiger partial charge in [0, 0.05) is 24.5 Å². The van der Waals surface area contributed by atoms with E-state index >= 15 is 0 Å². The third kappa shape index (κ3) is 5.00. The molecule has 0 aliphatic carbocycles. The number of nitrogens with zero attached hydrogens (tertiary/aromatic N) is 2. The fourth-order valence-electron chi connectivity index (χ4n) is 3.05. The van der Waals surface area contributed by atoms with Crippen molar-refractivity contribution in [2.45, 2.75) is 25.7 Å². The number of ether oxygens (including phenoxy) is 2. The van der Waals surface area contributed by atoms with Crippen molar-refractivity contribution < 1.29 is 19.1 Å². The molecule has 1 fully saturated rings. The number of carbonyl (C=O) groups is 2. The average molecular weight is 462 g/mol. The molecule has 2 amide bonds. The number of hydrogen-bond donors (Lipinski definition) is 1. The minimum atomic E-state index is -0.0795. The van der Waals surface area contributed by atoms with Crippen molar-refractivity contribution in [3.8, 4) is 11.5 Å². The summed E-state index contributed by atoms with van der Waals surface area (Å²) < 4.78 is 11.3. The highest BCUT2D eigenvalue weighted by molar-refractivity contribution is 8.26. The molecule has 10 heteroatoms. The van der Waals surface area contributed by atoms with Crippen LogP contribution in [0.2, 0.25) is 0 Å². The summed E-state index contributed by atoms with van der Waals surface area (Å²) in [6.07, 6.45) is 6.28. The third-order valence-corrected chi connectivity index (χ3v) is 6.60. The van der Waals surface area contributed by atoms with Gasteiger partial charge in [0.1, 0.15) is 4.32 Å². The number of aromatic nitrogens is 1. The Bertz CT molecular complexity index is 991. The smallest absolute Gasteiger partial charge is 0.266 e. The summed E-state index contributed by atoms with van der Waals surface area (Å²) >= 11 is 8.09. The van der Waals surface area contributed by atoms with Gasteiger partial charge in [0.2, 0.25) is 12.7 Å². The molecule has 2 aromatic rings. The first kappa shape index (κ1) is 20.8. The normalized spacial score (nSPS) is 16.5. The number of thiocarbonyl (C=S) groups is 1. The van der Waals surface area contributed by atoms with Crippen LogP contribution in [0.1, 0.15) is 31.2 Å². The zero-order valence-electron chi connectivity index (χ0n) is 16.0. The lowest BCUT2D eigenvalue weighted by molar-refractivity contribution is -0.122. The van der Waals surface area contributed by atoms with Crippen molar-refractivity contribution in [1.29, 1.82) is 0 Å². The van der Waals surface area contributed by atoms with Crippen molar-refractivity contribution in [1.82, 2.24) is 9.88 Å². The number of benzene rings is 1. The number of amides is 2. The van der Waals surface area contributed by atoms with E-state index in [9.17, 15) is 9.59 Å². The summed E-state index contributed by atoms with van der Waals surface area (Å²) in [7, 11) is 0. The highest BCUT2D eigenvalue weighted by atomic mass is 32.2. The molecule has 156 valence electrons. The Labute approximate surface area is 187 Å². The Morgan fingerprint density at radius 2 is 2.13 bits per heavy atom. The van der Waals surface area contributed by atoms with E-state index in [2.05, 4.69) is 10.3 Å². The summed E-state index contributed by atoms with van der Waals surface area (Å²) in [5.41, 5.74) is 0.867. The number of thiazole rings is 1. The molecule has 2 aliphatic rings. The van der Waals surface area contributed by atoms with E-state index < -0.39 is 0 Å². The maximum Gasteiger partial charge on any atom is 0.266 e. The molecule has 7 nitrogen and oxygen atoms in total. The SMILES string of the molecule is O=C(CCCCCN1C(=O)/C(=C/c2ccc3c(c2)OCO3)SC1=S)Nc1nccs1. The number of rotatable bonds is 8. The monoisotopic (exact) mass is 461 g/mol. The van der Waals surface area contributed by atoms with E-state index in [1.165, 1.54) is 23.1 Å². The predicted molar refractivity (Wildman–Crippen MR) is 122 cm³/mol. The standard InChI is InChI=1S/C20H19N3O4S3/c24-17(22-19-21-7-9-29-19)4-2-1-3-8-23-18(25)16(30-20(23)28)11-13-5-6-14-15(10-13)27-12-26-14/h5-7,9-11H,1-4,8,12H2,(H,21,22,24)/b16-11-. The second-order valence-corrected chi connectivity index (χ2v) is 9.21. The van der Waals surface area contributed by atoms with Gasteiger partial charge in [0.15, 0.2) is 16.6 Å². The summed E-state index contributed by atoms with van der Waals surface area (Å²) in [5, 5.41) is 5.20. The molecule has 1 saturated heterocycles. The fraction of sp³-hybridized carbons (Fsp3) is 0.300. The van der Waals surface area contributed by atoms with Crippen LogP contribution < -0.4 is 14.8 Å². The lowest BCUT2D eigenvalue weighted by Gasteiger charge is -2.14. The summed E-state index contributed by atoms with van der Waals surface area (Å²) in [6, 6.07) is 5.57. The first-order valence-electron chi connectivity index (χ1n) is 9.44. The van der Waals surface area contributed by atoms with E-state index in [1.54, 1.807) is 11.1 Å². The second-order valence-electron chi connectivity index (χ2n) is 6.64. The Hall–Kier alpha value is -2.43. The number of hydrogen-bond acceptors (Lipinski definition) is 8. The Kier molecular flexibility index (Phi) is 6.66. The summed E-state index contributed by atoms with van der Waals surface area (Å²) in [5.74, 6) is 1.27. The van der Waals surface area contributed by atoms with Crippen LogP contribution in [0.5, 0.6) is 11.5 Å². The molecular formula is C20H19N3O4S3. The molecular weight excluding hydrogens is 442 g/mol. The predicted octanol–water partition coefficient (Wildman–Crippen LogP) is 4.27. The van der Waals surface area contributed by atoms with Crippen molar-refractivity contribution in [3.05, 3.63) is 40.2 Å². The maximum atomic E-state index is 12.7. The number of unbranched alkanes of at least 4 members (excludes halogenated alkanes) is 2. The molecule has 0 radical (unpaired) electrons. The van der Waals surface area contributed by atoms with E-state index in [1.807, 2.05) is 29.7 Å². The van der Waals surface area contributed by atoms with E-state index in [-0.39, 0.29) is 18.6 Å². The molecule has 0 saturated carbocycles. The van der Waals surface area contributed by atoms with Crippen LogP contribution in [0.3, 0.4) is 0 Å². The maximum absolute atomic E-state index is 12.7. The average Bonchev–Trinajstić information content (AvgIpc) is 3.45. The van der Waals surface area contributed by atoms with Crippen LogP contribution >= 0.6 is 35.3 Å². The summed E-state index contributed by atoms with van der Waals surface area (Å²) in [6.45, 7) is 0.769. The lowest BCUT2D eigenvalue weighted by atomic mass is 10.1. The summed E-state index contributed by atoms with van der Waals surface area (Å²) in [4.78, 5) is 30.9. The molecule has 1 aromatic heterocycles. The largest absolute Gasteiger partial charge is 0.454 e. The topological polar surface area (TPSA) is 80.8 Å². The quantitative estimate of drug-likeness (QED) is 0.357. The van der Waals surface area contributed by atoms with Gasteiger partial charge < -0.3 is 14.8 Å². The zero-order valence-corrected chi connectivity index (χ0v) is 18.4. The number of fused-ring (bicyclic) bond motifs is 1.